The number of aliphatic hydroxyl groups excluding tert-OH is 1. The van der Waals surface area contributed by atoms with E-state index < -0.39 is 0 Å². The zero-order chi connectivity index (χ0) is 16.1. The molecule has 0 spiro atoms. The molecule has 7 nitrogen and oxygen atoms in total. The number of amides is 1. The van der Waals surface area contributed by atoms with Gasteiger partial charge in [0.1, 0.15) is 5.52 Å². The van der Waals surface area contributed by atoms with Crippen LogP contribution in [0, 0.1) is 0 Å². The summed E-state index contributed by atoms with van der Waals surface area (Å²) in [5.41, 5.74) is 0.846. The maximum absolute atomic E-state index is 12.5. The van der Waals surface area contributed by atoms with Gasteiger partial charge in [0.05, 0.1) is 25.9 Å². The van der Waals surface area contributed by atoms with Crippen LogP contribution in [0.1, 0.15) is 10.5 Å². The number of carbonyl (C=O) groups excluding carboxylic acids is 1. The average Bonchev–Trinajstić information content (AvgIpc) is 2.61. The van der Waals surface area contributed by atoms with E-state index >= 15 is 0 Å². The Labute approximate surface area is 134 Å². The van der Waals surface area contributed by atoms with Crippen LogP contribution in [-0.4, -0.2) is 71.4 Å². The minimum atomic E-state index is -0.346. The zero-order valence-corrected chi connectivity index (χ0v) is 12.8. The van der Waals surface area contributed by atoms with E-state index in [2.05, 4.69) is 20.2 Å². The van der Waals surface area contributed by atoms with Gasteiger partial charge in [0.25, 0.3) is 5.91 Å². The molecule has 3 rings (SSSR count). The number of morpholine rings is 1. The van der Waals surface area contributed by atoms with Gasteiger partial charge in [0, 0.05) is 37.4 Å². The first kappa shape index (κ1) is 15.8. The molecule has 1 aliphatic rings. The van der Waals surface area contributed by atoms with Crippen molar-refractivity contribution in [3.63, 3.8) is 0 Å². The highest BCUT2D eigenvalue weighted by molar-refractivity contribution is 6.03. The van der Waals surface area contributed by atoms with E-state index in [-0.39, 0.29) is 24.2 Å². The lowest BCUT2D eigenvalue weighted by Crippen LogP contribution is -2.49. The van der Waals surface area contributed by atoms with Crippen molar-refractivity contribution in [1.82, 2.24) is 20.2 Å². The molecule has 0 aromatic carbocycles. The Morgan fingerprint density at radius 3 is 2.91 bits per heavy atom. The van der Waals surface area contributed by atoms with Gasteiger partial charge in [-0.3, -0.25) is 14.7 Å². The SMILES string of the molecule is O=C(NC(CO)CN1CCOCC1)c1nccc2cccnc12. The van der Waals surface area contributed by atoms with Crippen molar-refractivity contribution < 1.29 is 14.6 Å². The van der Waals surface area contributed by atoms with Gasteiger partial charge < -0.3 is 15.2 Å². The Morgan fingerprint density at radius 1 is 1.30 bits per heavy atom. The van der Waals surface area contributed by atoms with Crippen molar-refractivity contribution in [1.29, 1.82) is 0 Å². The number of nitrogens with one attached hydrogen (secondary N) is 1. The lowest BCUT2D eigenvalue weighted by Gasteiger charge is -2.30. The fourth-order valence-electron chi connectivity index (χ4n) is 2.67. The molecule has 0 saturated carbocycles. The number of aliphatic hydroxyl groups is 1. The van der Waals surface area contributed by atoms with Crippen LogP contribution in [0.25, 0.3) is 10.9 Å². The summed E-state index contributed by atoms with van der Waals surface area (Å²) < 4.78 is 5.30. The van der Waals surface area contributed by atoms with Crippen molar-refractivity contribution in [2.75, 3.05) is 39.5 Å². The molecule has 23 heavy (non-hydrogen) atoms. The molecule has 1 aliphatic heterocycles. The summed E-state index contributed by atoms with van der Waals surface area (Å²) in [6.45, 7) is 3.44. The number of carbonyl (C=O) groups is 1. The smallest absolute Gasteiger partial charge is 0.272 e. The monoisotopic (exact) mass is 316 g/mol. The Morgan fingerprint density at radius 2 is 2.13 bits per heavy atom. The topological polar surface area (TPSA) is 87.6 Å². The number of hydrogen-bond acceptors (Lipinski definition) is 6. The first-order chi connectivity index (χ1) is 11.3. The third-order valence-electron chi connectivity index (χ3n) is 3.87. The maximum Gasteiger partial charge on any atom is 0.272 e. The molecule has 2 aromatic heterocycles. The summed E-state index contributed by atoms with van der Waals surface area (Å²) >= 11 is 0. The van der Waals surface area contributed by atoms with Crippen molar-refractivity contribution in [2.45, 2.75) is 6.04 Å². The predicted molar refractivity (Wildman–Crippen MR) is 85.1 cm³/mol. The van der Waals surface area contributed by atoms with Gasteiger partial charge in [0.15, 0.2) is 5.69 Å². The minimum Gasteiger partial charge on any atom is -0.394 e. The van der Waals surface area contributed by atoms with Crippen LogP contribution < -0.4 is 5.32 Å². The minimum absolute atomic E-state index is 0.124. The molecular formula is C16H20N4O3. The molecule has 0 radical (unpaired) electrons. The second-order valence-corrected chi connectivity index (χ2v) is 5.50. The molecule has 0 aliphatic carbocycles. The van der Waals surface area contributed by atoms with E-state index in [1.807, 2.05) is 18.2 Å². The van der Waals surface area contributed by atoms with Crippen LogP contribution in [0.4, 0.5) is 0 Å². The first-order valence-electron chi connectivity index (χ1n) is 7.69. The molecule has 2 aromatic rings. The van der Waals surface area contributed by atoms with Crippen LogP contribution in [0.5, 0.6) is 0 Å². The lowest BCUT2D eigenvalue weighted by atomic mass is 10.2. The van der Waals surface area contributed by atoms with Gasteiger partial charge in [-0.2, -0.15) is 0 Å². The summed E-state index contributed by atoms with van der Waals surface area (Å²) in [6, 6.07) is 5.18. The second-order valence-electron chi connectivity index (χ2n) is 5.50. The van der Waals surface area contributed by atoms with Gasteiger partial charge in [-0.25, -0.2) is 4.98 Å². The van der Waals surface area contributed by atoms with Gasteiger partial charge in [0.2, 0.25) is 0 Å². The standard InChI is InChI=1S/C16H20N4O3/c21-11-13(10-20-6-8-23-9-7-20)19-16(22)15-14-12(3-5-18-15)2-1-4-17-14/h1-5,13,21H,6-11H2,(H,19,22). The summed E-state index contributed by atoms with van der Waals surface area (Å²) in [4.78, 5) is 23.1. The molecule has 3 heterocycles. The van der Waals surface area contributed by atoms with E-state index in [4.69, 9.17) is 4.74 Å². The van der Waals surface area contributed by atoms with Crippen LogP contribution in [-0.2, 0) is 4.74 Å². The maximum atomic E-state index is 12.5. The number of ether oxygens (including phenoxy) is 1. The van der Waals surface area contributed by atoms with Crippen LogP contribution in [0.3, 0.4) is 0 Å². The number of pyridine rings is 2. The highest BCUT2D eigenvalue weighted by Crippen LogP contribution is 2.13. The van der Waals surface area contributed by atoms with Gasteiger partial charge in [-0.15, -0.1) is 0 Å². The van der Waals surface area contributed by atoms with E-state index in [0.717, 1.165) is 18.5 Å². The van der Waals surface area contributed by atoms with Gasteiger partial charge in [-0.1, -0.05) is 6.07 Å². The average molecular weight is 316 g/mol. The van der Waals surface area contributed by atoms with E-state index in [1.54, 1.807) is 12.4 Å². The highest BCUT2D eigenvalue weighted by Gasteiger charge is 2.20. The fourth-order valence-corrected chi connectivity index (χ4v) is 2.67. The van der Waals surface area contributed by atoms with Crippen molar-refractivity contribution in [2.24, 2.45) is 0 Å². The summed E-state index contributed by atoms with van der Waals surface area (Å²) in [6.07, 6.45) is 3.23. The second kappa shape index (κ2) is 7.45. The summed E-state index contributed by atoms with van der Waals surface area (Å²) in [5.74, 6) is -0.318. The molecule has 1 fully saturated rings. The molecule has 7 heteroatoms. The number of aromatic nitrogens is 2. The Bertz CT molecular complexity index is 668. The fraction of sp³-hybridized carbons (Fsp3) is 0.438. The van der Waals surface area contributed by atoms with Crippen LogP contribution in [0.15, 0.2) is 30.6 Å². The third kappa shape index (κ3) is 3.82. The first-order valence-corrected chi connectivity index (χ1v) is 7.69. The Hall–Kier alpha value is -2.09. The van der Waals surface area contributed by atoms with Gasteiger partial charge in [-0.05, 0) is 12.1 Å². The quantitative estimate of drug-likeness (QED) is 0.811. The Kier molecular flexibility index (Phi) is 5.12. The molecular weight excluding hydrogens is 296 g/mol. The molecule has 0 bridgehead atoms. The molecule has 1 atom stereocenters. The van der Waals surface area contributed by atoms with Crippen molar-refractivity contribution >= 4 is 16.8 Å². The van der Waals surface area contributed by atoms with E-state index in [9.17, 15) is 9.90 Å². The van der Waals surface area contributed by atoms with E-state index in [1.165, 1.54) is 0 Å². The van der Waals surface area contributed by atoms with Crippen molar-refractivity contribution in [3.05, 3.63) is 36.3 Å². The third-order valence-corrected chi connectivity index (χ3v) is 3.87. The number of nitrogens with zero attached hydrogens (tertiary/aromatic N) is 3. The number of fused-ring (bicyclic) bond motifs is 1. The van der Waals surface area contributed by atoms with Crippen LogP contribution in [0.2, 0.25) is 0 Å². The molecule has 2 N–H and O–H groups in total. The zero-order valence-electron chi connectivity index (χ0n) is 12.8. The molecule has 1 amide bonds. The van der Waals surface area contributed by atoms with Gasteiger partial charge >= 0.3 is 0 Å². The highest BCUT2D eigenvalue weighted by atomic mass is 16.5. The molecule has 122 valence electrons. The molecule has 1 unspecified atom stereocenters. The molecule has 1 saturated heterocycles. The lowest BCUT2D eigenvalue weighted by molar-refractivity contribution is 0.0296. The number of hydrogen-bond donors (Lipinski definition) is 2. The summed E-state index contributed by atoms with van der Waals surface area (Å²) in [7, 11) is 0. The number of rotatable bonds is 5. The largest absolute Gasteiger partial charge is 0.394 e. The van der Waals surface area contributed by atoms with Crippen molar-refractivity contribution in [3.8, 4) is 0 Å². The Balaban J connectivity index is 1.71. The van der Waals surface area contributed by atoms with E-state index in [0.29, 0.717) is 25.3 Å². The van der Waals surface area contributed by atoms with Crippen LogP contribution >= 0.6 is 0 Å². The predicted octanol–water partition coefficient (Wildman–Crippen LogP) is 0.0527. The summed E-state index contributed by atoms with van der Waals surface area (Å²) in [5, 5.41) is 13.3. The normalized spacial score (nSPS) is 17.1.